The van der Waals surface area contributed by atoms with E-state index in [4.69, 9.17) is 5.73 Å². The van der Waals surface area contributed by atoms with E-state index in [-0.39, 0.29) is 5.91 Å². The Hall–Kier alpha value is -2.45. The predicted molar refractivity (Wildman–Crippen MR) is 112 cm³/mol. The SMILES string of the molecule is NC(=O)c1cc(CCC(=O)N2CCCN(C3CCNCC3)CC2)cc2cn[nH]c12. The largest absolute Gasteiger partial charge is 0.366 e. The fourth-order valence-electron chi connectivity index (χ4n) is 4.59. The first kappa shape index (κ1) is 19.8. The number of amides is 2. The van der Waals surface area contributed by atoms with Crippen LogP contribution in [0.15, 0.2) is 18.3 Å². The van der Waals surface area contributed by atoms with Gasteiger partial charge >= 0.3 is 0 Å². The number of primary amides is 1. The van der Waals surface area contributed by atoms with Crippen LogP contribution in [-0.2, 0) is 11.2 Å². The van der Waals surface area contributed by atoms with Crippen molar-refractivity contribution in [1.29, 1.82) is 0 Å². The molecule has 0 radical (unpaired) electrons. The van der Waals surface area contributed by atoms with E-state index in [0.717, 1.165) is 56.6 Å². The van der Waals surface area contributed by atoms with Crippen molar-refractivity contribution in [2.75, 3.05) is 39.3 Å². The van der Waals surface area contributed by atoms with E-state index in [1.54, 1.807) is 12.3 Å². The first-order valence-electron chi connectivity index (χ1n) is 10.6. The van der Waals surface area contributed by atoms with Crippen LogP contribution in [0.3, 0.4) is 0 Å². The van der Waals surface area contributed by atoms with Gasteiger partial charge in [0.25, 0.3) is 5.91 Å². The second-order valence-electron chi connectivity index (χ2n) is 8.09. The van der Waals surface area contributed by atoms with E-state index in [9.17, 15) is 9.59 Å². The fraction of sp³-hybridized carbons (Fsp3) is 0.571. The summed E-state index contributed by atoms with van der Waals surface area (Å²) in [6, 6.07) is 4.40. The van der Waals surface area contributed by atoms with Gasteiger partial charge in [-0.2, -0.15) is 5.10 Å². The van der Waals surface area contributed by atoms with Gasteiger partial charge in [-0.25, -0.2) is 0 Å². The van der Waals surface area contributed by atoms with E-state index in [1.807, 2.05) is 11.0 Å². The van der Waals surface area contributed by atoms with Crippen LogP contribution in [0, 0.1) is 0 Å². The summed E-state index contributed by atoms with van der Waals surface area (Å²) in [5.41, 5.74) is 7.52. The average molecular weight is 399 g/mol. The van der Waals surface area contributed by atoms with Crippen molar-refractivity contribution in [3.8, 4) is 0 Å². The maximum absolute atomic E-state index is 12.8. The van der Waals surface area contributed by atoms with Crippen molar-refractivity contribution in [3.05, 3.63) is 29.5 Å². The molecule has 2 amide bonds. The Morgan fingerprint density at radius 2 is 1.97 bits per heavy atom. The minimum atomic E-state index is -0.488. The summed E-state index contributed by atoms with van der Waals surface area (Å²) >= 11 is 0. The number of benzene rings is 1. The highest BCUT2D eigenvalue weighted by Gasteiger charge is 2.25. The summed E-state index contributed by atoms with van der Waals surface area (Å²) in [5.74, 6) is -0.303. The molecule has 4 N–H and O–H groups in total. The molecule has 156 valence electrons. The number of nitrogens with two attached hydrogens (primary N) is 1. The molecule has 0 spiro atoms. The number of H-pyrrole nitrogens is 1. The standard InChI is InChI=1S/C21H30N6O2/c22-21(29)18-13-15(12-16-14-24-25-20(16)18)2-3-19(28)27-9-1-8-26(10-11-27)17-4-6-23-7-5-17/h12-14,17,23H,1-11H2,(H2,22,29)(H,24,25). The number of hydrogen-bond acceptors (Lipinski definition) is 5. The number of aromatic nitrogens is 2. The Kier molecular flexibility index (Phi) is 6.10. The van der Waals surface area contributed by atoms with Crippen LogP contribution in [0.2, 0.25) is 0 Å². The maximum Gasteiger partial charge on any atom is 0.250 e. The third kappa shape index (κ3) is 4.59. The third-order valence-corrected chi connectivity index (χ3v) is 6.21. The highest BCUT2D eigenvalue weighted by molar-refractivity contribution is 6.04. The van der Waals surface area contributed by atoms with Crippen LogP contribution in [0.4, 0.5) is 0 Å². The summed E-state index contributed by atoms with van der Waals surface area (Å²) in [6.45, 7) is 5.86. The Labute approximate surface area is 170 Å². The highest BCUT2D eigenvalue weighted by Crippen LogP contribution is 2.20. The summed E-state index contributed by atoms with van der Waals surface area (Å²) < 4.78 is 0. The van der Waals surface area contributed by atoms with Crippen LogP contribution in [0.25, 0.3) is 10.9 Å². The zero-order valence-corrected chi connectivity index (χ0v) is 16.8. The summed E-state index contributed by atoms with van der Waals surface area (Å²) in [4.78, 5) is 29.1. The number of nitrogens with one attached hydrogen (secondary N) is 2. The molecule has 2 saturated heterocycles. The molecule has 8 heteroatoms. The lowest BCUT2D eigenvalue weighted by molar-refractivity contribution is -0.131. The Bertz CT molecular complexity index is 873. The molecule has 2 fully saturated rings. The van der Waals surface area contributed by atoms with Crippen LogP contribution >= 0.6 is 0 Å². The molecule has 8 nitrogen and oxygen atoms in total. The molecule has 0 saturated carbocycles. The van der Waals surface area contributed by atoms with Crippen LogP contribution in [-0.4, -0.2) is 77.1 Å². The zero-order valence-electron chi connectivity index (χ0n) is 16.8. The first-order valence-corrected chi connectivity index (χ1v) is 10.6. The van der Waals surface area contributed by atoms with E-state index >= 15 is 0 Å². The second-order valence-corrected chi connectivity index (χ2v) is 8.09. The van der Waals surface area contributed by atoms with Crippen LogP contribution in [0.5, 0.6) is 0 Å². The lowest BCUT2D eigenvalue weighted by Gasteiger charge is -2.33. The molecule has 3 heterocycles. The zero-order chi connectivity index (χ0) is 20.2. The maximum atomic E-state index is 12.8. The number of carbonyl (C=O) groups excluding carboxylic acids is 2. The van der Waals surface area contributed by atoms with Crippen molar-refractivity contribution in [1.82, 2.24) is 25.3 Å². The normalized spacial score (nSPS) is 19.4. The van der Waals surface area contributed by atoms with Gasteiger partial charge < -0.3 is 16.0 Å². The van der Waals surface area contributed by atoms with Crippen molar-refractivity contribution in [2.24, 2.45) is 5.73 Å². The second kappa shape index (κ2) is 8.92. The van der Waals surface area contributed by atoms with Crippen molar-refractivity contribution in [3.63, 3.8) is 0 Å². The van der Waals surface area contributed by atoms with E-state index in [0.29, 0.717) is 30.0 Å². The van der Waals surface area contributed by atoms with Gasteiger partial charge in [0.2, 0.25) is 5.91 Å². The quantitative estimate of drug-likeness (QED) is 0.693. The smallest absolute Gasteiger partial charge is 0.250 e. The Balaban J connectivity index is 1.35. The van der Waals surface area contributed by atoms with E-state index < -0.39 is 5.91 Å². The van der Waals surface area contributed by atoms with Gasteiger partial charge in [0.05, 0.1) is 17.3 Å². The van der Waals surface area contributed by atoms with Crippen molar-refractivity contribution >= 4 is 22.7 Å². The molecule has 0 aliphatic carbocycles. The van der Waals surface area contributed by atoms with E-state index in [1.165, 1.54) is 12.8 Å². The molecule has 29 heavy (non-hydrogen) atoms. The van der Waals surface area contributed by atoms with Crippen molar-refractivity contribution < 1.29 is 9.59 Å². The van der Waals surface area contributed by atoms with Gasteiger partial charge in [-0.1, -0.05) is 0 Å². The highest BCUT2D eigenvalue weighted by atomic mass is 16.2. The molecule has 1 aromatic carbocycles. The molecule has 0 atom stereocenters. The first-order chi connectivity index (χ1) is 14.1. The minimum absolute atomic E-state index is 0.185. The summed E-state index contributed by atoms with van der Waals surface area (Å²) in [7, 11) is 0. The van der Waals surface area contributed by atoms with Crippen LogP contribution in [0.1, 0.15) is 41.6 Å². The van der Waals surface area contributed by atoms with Gasteiger partial charge in [0.1, 0.15) is 0 Å². The third-order valence-electron chi connectivity index (χ3n) is 6.21. The van der Waals surface area contributed by atoms with Gasteiger partial charge in [0, 0.05) is 44.0 Å². The minimum Gasteiger partial charge on any atom is -0.366 e. The Morgan fingerprint density at radius 3 is 2.76 bits per heavy atom. The summed E-state index contributed by atoms with van der Waals surface area (Å²) in [6.07, 6.45) is 6.14. The number of rotatable bonds is 5. The predicted octanol–water partition coefficient (Wildman–Crippen LogP) is 0.881. The number of aromatic amines is 1. The Morgan fingerprint density at radius 1 is 1.14 bits per heavy atom. The van der Waals surface area contributed by atoms with Gasteiger partial charge in [-0.15, -0.1) is 0 Å². The number of nitrogens with zero attached hydrogens (tertiary/aromatic N) is 3. The molecule has 2 aliphatic rings. The number of aryl methyl sites for hydroxylation is 1. The van der Waals surface area contributed by atoms with Gasteiger partial charge in [0.15, 0.2) is 0 Å². The number of hydrogen-bond donors (Lipinski definition) is 3. The van der Waals surface area contributed by atoms with Gasteiger partial charge in [-0.05, 0) is 56.5 Å². The van der Waals surface area contributed by atoms with E-state index in [2.05, 4.69) is 20.4 Å². The lowest BCUT2D eigenvalue weighted by atomic mass is 10.0. The topological polar surface area (TPSA) is 107 Å². The van der Waals surface area contributed by atoms with Gasteiger partial charge in [-0.3, -0.25) is 19.6 Å². The molecular formula is C21H30N6O2. The van der Waals surface area contributed by atoms with Crippen LogP contribution < -0.4 is 11.1 Å². The summed E-state index contributed by atoms with van der Waals surface area (Å²) in [5, 5.41) is 11.1. The molecule has 2 aromatic rings. The number of fused-ring (bicyclic) bond motifs is 1. The monoisotopic (exact) mass is 398 g/mol. The fourth-order valence-corrected chi connectivity index (χ4v) is 4.59. The van der Waals surface area contributed by atoms with Crippen molar-refractivity contribution in [2.45, 2.75) is 38.1 Å². The molecule has 0 unspecified atom stereocenters. The molecule has 4 rings (SSSR count). The molecular weight excluding hydrogens is 368 g/mol. The average Bonchev–Trinajstić information content (AvgIpc) is 3.07. The number of carbonyl (C=O) groups is 2. The molecule has 0 bridgehead atoms. The molecule has 1 aromatic heterocycles. The molecule has 2 aliphatic heterocycles. The number of piperidine rings is 1. The lowest BCUT2D eigenvalue weighted by Crippen LogP contribution is -2.45.